The molecule has 1 N–H and O–H groups in total. The summed E-state index contributed by atoms with van der Waals surface area (Å²) in [5.41, 5.74) is 5.53. The molecule has 1 atom stereocenters. The SMILES string of the molecule is CC1=C(C)C(C)[C]([Ti]([NH]C23CC4CC(CC(C4)C2)C3)[SiH](C)C)=C1C. The summed E-state index contributed by atoms with van der Waals surface area (Å²) >= 11 is -1.32. The zero-order chi connectivity index (χ0) is 17.2. The van der Waals surface area contributed by atoms with Crippen molar-refractivity contribution in [1.82, 2.24) is 3.80 Å². The Hall–Kier alpha value is 0.371. The number of rotatable bonds is 4. The summed E-state index contributed by atoms with van der Waals surface area (Å²) in [7, 11) is 0. The zero-order valence-corrected chi connectivity index (χ0v) is 19.3. The van der Waals surface area contributed by atoms with Crippen molar-refractivity contribution >= 4 is 6.66 Å². The van der Waals surface area contributed by atoms with Crippen LogP contribution in [-0.2, 0) is 17.4 Å². The van der Waals surface area contributed by atoms with Crippen molar-refractivity contribution < 1.29 is 17.4 Å². The molecule has 0 saturated heterocycles. The van der Waals surface area contributed by atoms with E-state index in [2.05, 4.69) is 44.6 Å². The van der Waals surface area contributed by atoms with Crippen molar-refractivity contribution in [3.63, 3.8) is 0 Å². The van der Waals surface area contributed by atoms with Gasteiger partial charge in [-0.2, -0.15) is 0 Å². The van der Waals surface area contributed by atoms with Crippen LogP contribution in [0.5, 0.6) is 0 Å². The van der Waals surface area contributed by atoms with Crippen LogP contribution < -0.4 is 3.80 Å². The molecule has 3 heteroatoms. The number of allylic oxidation sites excluding steroid dienone is 4. The second-order valence-corrected chi connectivity index (χ2v) is 22.6. The monoisotopic (exact) mass is 378 g/mol. The third kappa shape index (κ3) is 2.80. The molecule has 5 aliphatic rings. The fourth-order valence-corrected chi connectivity index (χ4v) is 18.8. The van der Waals surface area contributed by atoms with Gasteiger partial charge in [0, 0.05) is 0 Å². The third-order valence-corrected chi connectivity index (χ3v) is 19.8. The molecule has 0 aromatic carbocycles. The Morgan fingerprint density at radius 1 is 0.917 bits per heavy atom. The minimum atomic E-state index is -1.32. The van der Waals surface area contributed by atoms with E-state index in [0.29, 0.717) is 5.54 Å². The van der Waals surface area contributed by atoms with E-state index in [-0.39, 0.29) is 0 Å². The molecule has 0 heterocycles. The molecule has 0 radical (unpaired) electrons. The Morgan fingerprint density at radius 3 is 1.79 bits per heavy atom. The number of hydrogen-bond acceptors (Lipinski definition) is 1. The van der Waals surface area contributed by atoms with E-state index in [4.69, 9.17) is 0 Å². The van der Waals surface area contributed by atoms with Crippen molar-refractivity contribution in [1.29, 1.82) is 0 Å². The summed E-state index contributed by atoms with van der Waals surface area (Å²) < 4.78 is 6.48. The van der Waals surface area contributed by atoms with E-state index in [1.54, 1.807) is 36.0 Å². The predicted octanol–water partition coefficient (Wildman–Crippen LogP) is 5.32. The van der Waals surface area contributed by atoms with Gasteiger partial charge in [0.05, 0.1) is 0 Å². The van der Waals surface area contributed by atoms with Gasteiger partial charge in [-0.3, -0.25) is 0 Å². The van der Waals surface area contributed by atoms with Gasteiger partial charge in [0.2, 0.25) is 0 Å². The summed E-state index contributed by atoms with van der Waals surface area (Å²) in [5, 5.41) is 0. The van der Waals surface area contributed by atoms with Crippen molar-refractivity contribution in [3.8, 4) is 0 Å². The number of hydrogen-bond donors (Lipinski definition) is 1. The topological polar surface area (TPSA) is 12.0 Å². The van der Waals surface area contributed by atoms with Crippen LogP contribution in [0.3, 0.4) is 0 Å². The van der Waals surface area contributed by atoms with E-state index >= 15 is 0 Å². The summed E-state index contributed by atoms with van der Waals surface area (Å²) in [6, 6.07) is 0. The molecule has 0 aromatic rings. The molecule has 0 aromatic heterocycles. The van der Waals surface area contributed by atoms with Gasteiger partial charge in [0.25, 0.3) is 0 Å². The molecule has 0 spiro atoms. The molecule has 133 valence electrons. The minimum absolute atomic E-state index is 0.568. The molecule has 4 fully saturated rings. The van der Waals surface area contributed by atoms with Crippen LogP contribution in [-0.4, -0.2) is 12.2 Å². The molecule has 5 rings (SSSR count). The van der Waals surface area contributed by atoms with Crippen LogP contribution in [0, 0.1) is 23.7 Å². The van der Waals surface area contributed by atoms with Gasteiger partial charge < -0.3 is 0 Å². The van der Waals surface area contributed by atoms with Gasteiger partial charge in [0.1, 0.15) is 0 Å². The second-order valence-electron chi connectivity index (χ2n) is 9.96. The van der Waals surface area contributed by atoms with E-state index in [1.165, 1.54) is 19.3 Å². The molecule has 24 heavy (non-hydrogen) atoms. The standard InChI is InChI=1S/C10H16N.C9H13.C2H7Si.Ti/c11-10-4-7-1-8(5-10)3-9(2-7)6-10;1-6-5-7(2)9(4)8(6)3;1-3-2;/h7-9,11H,1-6H2;6H,1-4H3;3H,1-2H3;/q-1;;;+1. The van der Waals surface area contributed by atoms with Crippen LogP contribution in [0.15, 0.2) is 20.6 Å². The molecule has 0 aliphatic heterocycles. The van der Waals surface area contributed by atoms with Gasteiger partial charge in [-0.25, -0.2) is 0 Å². The Morgan fingerprint density at radius 2 is 1.42 bits per heavy atom. The molecule has 0 amide bonds. The van der Waals surface area contributed by atoms with Crippen LogP contribution in [0.25, 0.3) is 0 Å². The number of nitrogens with one attached hydrogen (secondary N) is 1. The maximum atomic E-state index is 4.55. The first kappa shape index (κ1) is 17.8. The van der Waals surface area contributed by atoms with E-state index in [0.717, 1.165) is 23.7 Å². The average Bonchev–Trinajstić information content (AvgIpc) is 2.67. The zero-order valence-electron chi connectivity index (χ0n) is 16.6. The van der Waals surface area contributed by atoms with Crippen molar-refractivity contribution in [3.05, 3.63) is 20.6 Å². The third-order valence-electron chi connectivity index (χ3n) is 7.95. The van der Waals surface area contributed by atoms with Crippen LogP contribution >= 0.6 is 0 Å². The molecule has 5 aliphatic carbocycles. The van der Waals surface area contributed by atoms with Crippen LogP contribution in [0.4, 0.5) is 0 Å². The molecule has 4 saturated carbocycles. The van der Waals surface area contributed by atoms with Crippen LogP contribution in [0.1, 0.15) is 66.2 Å². The second kappa shape index (κ2) is 6.22. The van der Waals surface area contributed by atoms with Gasteiger partial charge >= 0.3 is 157 Å². The van der Waals surface area contributed by atoms with Crippen molar-refractivity contribution in [2.75, 3.05) is 0 Å². The Balaban J connectivity index is 1.62. The van der Waals surface area contributed by atoms with Gasteiger partial charge in [0.15, 0.2) is 0 Å². The fourth-order valence-electron chi connectivity index (χ4n) is 6.87. The summed E-state index contributed by atoms with van der Waals surface area (Å²) in [6.07, 6.45) is 9.24. The molecule has 4 bridgehead atoms. The summed E-state index contributed by atoms with van der Waals surface area (Å²) in [4.78, 5) is 0. The fraction of sp³-hybridized carbons (Fsp3) is 0.810. The quantitative estimate of drug-likeness (QED) is 0.653. The maximum absolute atomic E-state index is 4.55. The van der Waals surface area contributed by atoms with Gasteiger partial charge in [-0.1, -0.05) is 0 Å². The normalized spacial score (nSPS) is 41.1. The van der Waals surface area contributed by atoms with Crippen molar-refractivity contribution in [2.24, 2.45) is 23.7 Å². The first-order valence-corrected chi connectivity index (χ1v) is 17.5. The van der Waals surface area contributed by atoms with Gasteiger partial charge in [-0.15, -0.1) is 0 Å². The Kier molecular flexibility index (Phi) is 4.60. The first-order valence-electron chi connectivity index (χ1n) is 10.3. The average molecular weight is 378 g/mol. The molecule has 1 unspecified atom stereocenters. The summed E-state index contributed by atoms with van der Waals surface area (Å²) in [5.74, 6) is 3.93. The first-order chi connectivity index (χ1) is 11.3. The predicted molar refractivity (Wildman–Crippen MR) is 103 cm³/mol. The molecule has 1 nitrogen and oxygen atoms in total. The van der Waals surface area contributed by atoms with E-state index in [9.17, 15) is 0 Å². The Labute approximate surface area is 156 Å². The molecular weight excluding hydrogens is 342 g/mol. The van der Waals surface area contributed by atoms with Crippen LogP contribution in [0.2, 0.25) is 13.1 Å². The molecular formula is C21H36NSiTi. The van der Waals surface area contributed by atoms with Crippen molar-refractivity contribution in [2.45, 2.75) is 84.9 Å². The summed E-state index contributed by atoms with van der Waals surface area (Å²) in [6.45, 7) is 14.3. The van der Waals surface area contributed by atoms with E-state index in [1.807, 2.05) is 3.88 Å². The van der Waals surface area contributed by atoms with Gasteiger partial charge in [-0.05, 0) is 0 Å². The van der Waals surface area contributed by atoms with E-state index < -0.39 is 24.0 Å². The Bertz CT molecular complexity index is 568.